The van der Waals surface area contributed by atoms with Crippen LogP contribution in [-0.2, 0) is 0 Å². The molecule has 19 heavy (non-hydrogen) atoms. The first-order chi connectivity index (χ1) is 8.97. The Bertz CT molecular complexity index is 613. The van der Waals surface area contributed by atoms with Crippen molar-refractivity contribution in [2.24, 2.45) is 0 Å². The van der Waals surface area contributed by atoms with Crippen LogP contribution in [-0.4, -0.2) is 21.0 Å². The Morgan fingerprint density at radius 1 is 1.37 bits per heavy atom. The van der Waals surface area contributed by atoms with Gasteiger partial charge in [-0.05, 0) is 28.1 Å². The summed E-state index contributed by atoms with van der Waals surface area (Å²) in [7, 11) is 0. The molecule has 0 aliphatic rings. The fraction of sp³-hybridized carbons (Fsp3) is 0. The van der Waals surface area contributed by atoms with Crippen LogP contribution in [0.25, 0.3) is 0 Å². The van der Waals surface area contributed by atoms with Gasteiger partial charge in [-0.2, -0.15) is 0 Å². The van der Waals surface area contributed by atoms with Crippen LogP contribution in [0, 0.1) is 5.82 Å². The van der Waals surface area contributed by atoms with Gasteiger partial charge in [0.25, 0.3) is 0 Å². The summed E-state index contributed by atoms with van der Waals surface area (Å²) in [6.45, 7) is 0. The van der Waals surface area contributed by atoms with E-state index in [4.69, 9.17) is 16.7 Å². The highest BCUT2D eigenvalue weighted by Gasteiger charge is 2.10. The van der Waals surface area contributed by atoms with Crippen molar-refractivity contribution >= 4 is 45.0 Å². The van der Waals surface area contributed by atoms with E-state index < -0.39 is 11.8 Å². The number of rotatable bonds is 3. The lowest BCUT2D eigenvalue weighted by Crippen LogP contribution is -2.03. The maximum Gasteiger partial charge on any atom is 0.356 e. The number of carbonyl (C=O) groups is 1. The minimum atomic E-state index is -1.17. The molecule has 2 N–H and O–H groups in total. The third-order valence-corrected chi connectivity index (χ3v) is 3.05. The molecule has 1 aromatic heterocycles. The highest BCUT2D eigenvalue weighted by atomic mass is 79.9. The van der Waals surface area contributed by atoms with Crippen molar-refractivity contribution in [3.8, 4) is 0 Å². The lowest BCUT2D eigenvalue weighted by Gasteiger charge is -2.09. The second-order valence-corrected chi connectivity index (χ2v) is 4.72. The van der Waals surface area contributed by atoms with Crippen LogP contribution in [0.4, 0.5) is 15.9 Å². The summed E-state index contributed by atoms with van der Waals surface area (Å²) in [5.74, 6) is -1.35. The van der Waals surface area contributed by atoms with Crippen molar-refractivity contribution in [1.82, 2.24) is 9.97 Å². The highest BCUT2D eigenvalue weighted by molar-refractivity contribution is 9.10. The molecule has 2 aromatic rings. The summed E-state index contributed by atoms with van der Waals surface area (Å²) < 4.78 is 13.5. The van der Waals surface area contributed by atoms with E-state index in [0.717, 1.165) is 12.3 Å². The number of nitrogens with zero attached hydrogens (tertiary/aromatic N) is 2. The number of halogens is 3. The number of aromatic carboxylic acids is 1. The van der Waals surface area contributed by atoms with Crippen molar-refractivity contribution < 1.29 is 14.3 Å². The Balaban J connectivity index is 2.29. The van der Waals surface area contributed by atoms with E-state index in [1.54, 1.807) is 0 Å². The molecule has 0 fully saturated rings. The summed E-state index contributed by atoms with van der Waals surface area (Å²) in [5, 5.41) is 11.7. The number of aromatic nitrogens is 2. The summed E-state index contributed by atoms with van der Waals surface area (Å²) in [5.41, 5.74) is 0.246. The van der Waals surface area contributed by atoms with Gasteiger partial charge >= 0.3 is 5.97 Å². The van der Waals surface area contributed by atoms with E-state index in [1.807, 2.05) is 0 Å². The molecule has 0 saturated heterocycles. The van der Waals surface area contributed by atoms with Crippen LogP contribution >= 0.6 is 27.5 Å². The van der Waals surface area contributed by atoms with Gasteiger partial charge < -0.3 is 10.4 Å². The lowest BCUT2D eigenvalue weighted by atomic mass is 10.3. The summed E-state index contributed by atoms with van der Waals surface area (Å²) in [6, 6.07) is 2.39. The van der Waals surface area contributed by atoms with Crippen LogP contribution in [0.1, 0.15) is 10.5 Å². The van der Waals surface area contributed by atoms with Gasteiger partial charge in [-0.25, -0.2) is 19.2 Å². The molecule has 0 saturated carbocycles. The van der Waals surface area contributed by atoms with Gasteiger partial charge in [0.15, 0.2) is 5.69 Å². The summed E-state index contributed by atoms with van der Waals surface area (Å²) in [4.78, 5) is 18.2. The maximum absolute atomic E-state index is 13.1. The summed E-state index contributed by atoms with van der Waals surface area (Å²) >= 11 is 9.06. The quantitative estimate of drug-likeness (QED) is 0.890. The number of nitrogens with one attached hydrogen (secondary N) is 1. The van der Waals surface area contributed by atoms with E-state index in [1.165, 1.54) is 12.3 Å². The molecule has 0 spiro atoms. The highest BCUT2D eigenvalue weighted by Crippen LogP contribution is 2.33. The van der Waals surface area contributed by atoms with Gasteiger partial charge in [0.2, 0.25) is 0 Å². The number of benzene rings is 1. The second kappa shape index (κ2) is 5.50. The average Bonchev–Trinajstić information content (AvgIpc) is 2.34. The molecular formula is C11H6BrClFN3O2. The van der Waals surface area contributed by atoms with Crippen molar-refractivity contribution in [2.45, 2.75) is 0 Å². The van der Waals surface area contributed by atoms with Crippen LogP contribution in [0.15, 0.2) is 29.0 Å². The Morgan fingerprint density at radius 3 is 2.63 bits per heavy atom. The topological polar surface area (TPSA) is 75.1 Å². The maximum atomic E-state index is 13.1. The number of hydrogen-bond donors (Lipinski definition) is 2. The van der Waals surface area contributed by atoms with Crippen LogP contribution in [0.3, 0.4) is 0 Å². The molecule has 0 amide bonds. The second-order valence-electron chi connectivity index (χ2n) is 3.46. The van der Waals surface area contributed by atoms with E-state index >= 15 is 0 Å². The fourth-order valence-corrected chi connectivity index (χ4v) is 2.19. The molecule has 8 heteroatoms. The third-order valence-electron chi connectivity index (χ3n) is 2.13. The molecule has 1 aromatic carbocycles. The van der Waals surface area contributed by atoms with E-state index in [0.29, 0.717) is 16.0 Å². The van der Waals surface area contributed by atoms with Crippen molar-refractivity contribution in [3.05, 3.63) is 45.5 Å². The van der Waals surface area contributed by atoms with Crippen LogP contribution in [0.2, 0.25) is 5.02 Å². The van der Waals surface area contributed by atoms with E-state index in [9.17, 15) is 9.18 Å². The molecule has 0 radical (unpaired) electrons. The SMILES string of the molecule is O=C(O)c1cnc(Nc2c(Cl)cc(F)cc2Br)cn1. The Hall–Kier alpha value is -1.73. The molecule has 0 aliphatic heterocycles. The first-order valence-corrected chi connectivity index (χ1v) is 6.11. The molecule has 0 aliphatic carbocycles. The van der Waals surface area contributed by atoms with E-state index in [2.05, 4.69) is 31.2 Å². The first kappa shape index (κ1) is 13.7. The first-order valence-electron chi connectivity index (χ1n) is 4.94. The van der Waals surface area contributed by atoms with Gasteiger partial charge in [0.05, 0.1) is 23.1 Å². The minimum Gasteiger partial charge on any atom is -0.476 e. The largest absolute Gasteiger partial charge is 0.476 e. The number of hydrogen-bond acceptors (Lipinski definition) is 4. The minimum absolute atomic E-state index is 0.163. The van der Waals surface area contributed by atoms with Crippen LogP contribution < -0.4 is 5.32 Å². The Kier molecular flexibility index (Phi) is 3.96. The standard InChI is InChI=1S/C11H6BrClFN3O2/c12-6-1-5(14)2-7(13)10(6)17-9-4-15-8(3-16-9)11(18)19/h1-4H,(H,16,17)(H,18,19). The van der Waals surface area contributed by atoms with Crippen LogP contribution in [0.5, 0.6) is 0 Å². The molecule has 5 nitrogen and oxygen atoms in total. The van der Waals surface area contributed by atoms with Crippen molar-refractivity contribution in [1.29, 1.82) is 0 Å². The monoisotopic (exact) mass is 345 g/mol. The average molecular weight is 347 g/mol. The molecule has 2 rings (SSSR count). The Labute approximate surface area is 120 Å². The molecule has 0 atom stereocenters. The van der Waals surface area contributed by atoms with Gasteiger partial charge in [0, 0.05) is 4.47 Å². The van der Waals surface area contributed by atoms with Gasteiger partial charge in [-0.1, -0.05) is 11.6 Å². The predicted octanol–water partition coefficient (Wildman–Crippen LogP) is 3.47. The summed E-state index contributed by atoms with van der Waals surface area (Å²) in [6.07, 6.45) is 2.35. The fourth-order valence-electron chi connectivity index (χ4n) is 1.29. The zero-order chi connectivity index (χ0) is 14.0. The molecule has 0 unspecified atom stereocenters. The zero-order valence-electron chi connectivity index (χ0n) is 9.19. The lowest BCUT2D eigenvalue weighted by molar-refractivity contribution is 0.0690. The molecule has 1 heterocycles. The third kappa shape index (κ3) is 3.18. The number of carboxylic acid groups (broad SMARTS) is 1. The van der Waals surface area contributed by atoms with E-state index in [-0.39, 0.29) is 10.7 Å². The molecule has 0 bridgehead atoms. The van der Waals surface area contributed by atoms with Crippen molar-refractivity contribution in [3.63, 3.8) is 0 Å². The number of anilines is 2. The van der Waals surface area contributed by atoms with Gasteiger partial charge in [-0.3, -0.25) is 0 Å². The molecular weight excluding hydrogens is 340 g/mol. The van der Waals surface area contributed by atoms with Gasteiger partial charge in [0.1, 0.15) is 11.6 Å². The van der Waals surface area contributed by atoms with Crippen molar-refractivity contribution in [2.75, 3.05) is 5.32 Å². The molecule has 98 valence electrons. The smallest absolute Gasteiger partial charge is 0.356 e. The zero-order valence-corrected chi connectivity index (χ0v) is 11.5. The normalized spacial score (nSPS) is 10.3. The predicted molar refractivity (Wildman–Crippen MR) is 71.4 cm³/mol. The van der Waals surface area contributed by atoms with Gasteiger partial charge in [-0.15, -0.1) is 0 Å². The number of carboxylic acids is 1. The Morgan fingerprint density at radius 2 is 2.11 bits per heavy atom.